The van der Waals surface area contributed by atoms with E-state index in [1.54, 1.807) is 6.07 Å². The van der Waals surface area contributed by atoms with Gasteiger partial charge in [-0.15, -0.1) is 11.8 Å². The predicted octanol–water partition coefficient (Wildman–Crippen LogP) is 1.26. The summed E-state index contributed by atoms with van der Waals surface area (Å²) in [6, 6.07) is 4.95. The number of nitrogens with zero attached hydrogens (tertiary/aromatic N) is 1. The Morgan fingerprint density at radius 3 is 3.06 bits per heavy atom. The third kappa shape index (κ3) is 2.36. The molecule has 2 N–H and O–H groups in total. The molecule has 1 aliphatic heterocycles. The maximum absolute atomic E-state index is 13.7. The molecule has 16 heavy (non-hydrogen) atoms. The number of aliphatic hydroxyl groups is 1. The number of nitrogens with one attached hydrogen (secondary N) is 1. The lowest BCUT2D eigenvalue weighted by Gasteiger charge is -2.10. The van der Waals surface area contributed by atoms with Gasteiger partial charge in [-0.1, -0.05) is 6.07 Å². The normalized spacial score (nSPS) is 14.8. The van der Waals surface area contributed by atoms with E-state index >= 15 is 0 Å². The van der Waals surface area contributed by atoms with Gasteiger partial charge in [-0.2, -0.15) is 0 Å². The molecule has 1 aromatic rings. The van der Waals surface area contributed by atoms with E-state index in [-0.39, 0.29) is 12.4 Å². The highest BCUT2D eigenvalue weighted by molar-refractivity contribution is 7.99. The summed E-state index contributed by atoms with van der Waals surface area (Å²) in [5, 5.41) is 11.9. The van der Waals surface area contributed by atoms with E-state index in [9.17, 15) is 4.39 Å². The van der Waals surface area contributed by atoms with Gasteiger partial charge in [-0.25, -0.2) is 4.39 Å². The first-order valence-corrected chi connectivity index (χ1v) is 6.12. The van der Waals surface area contributed by atoms with Crippen LogP contribution in [-0.2, 0) is 0 Å². The molecular formula is C11H13FN2OS. The van der Waals surface area contributed by atoms with E-state index < -0.39 is 0 Å². The summed E-state index contributed by atoms with van der Waals surface area (Å²) in [4.78, 5) is 5.05. The quantitative estimate of drug-likeness (QED) is 0.779. The number of aliphatic hydroxyl groups excluding tert-OH is 1. The zero-order valence-corrected chi connectivity index (χ0v) is 9.56. The van der Waals surface area contributed by atoms with Gasteiger partial charge in [0, 0.05) is 17.2 Å². The smallest absolute Gasteiger partial charge is 0.135 e. The molecule has 0 amide bonds. The van der Waals surface area contributed by atoms with Gasteiger partial charge in [-0.05, 0) is 12.1 Å². The molecule has 5 heteroatoms. The van der Waals surface area contributed by atoms with Crippen molar-refractivity contribution in [3.63, 3.8) is 0 Å². The maximum atomic E-state index is 13.7. The molecular weight excluding hydrogens is 227 g/mol. The Labute approximate surface area is 97.8 Å². The zero-order chi connectivity index (χ0) is 11.4. The molecule has 0 fully saturated rings. The third-order valence-corrected chi connectivity index (χ3v) is 3.27. The van der Waals surface area contributed by atoms with Crippen LogP contribution in [0.15, 0.2) is 28.1 Å². The molecule has 2 rings (SSSR count). The molecule has 0 aliphatic carbocycles. The molecule has 0 aromatic heterocycles. The van der Waals surface area contributed by atoms with Crippen LogP contribution in [0.3, 0.4) is 0 Å². The van der Waals surface area contributed by atoms with Gasteiger partial charge in [0.2, 0.25) is 0 Å². The molecule has 0 saturated heterocycles. The summed E-state index contributed by atoms with van der Waals surface area (Å²) in [6.45, 7) is 1.53. The summed E-state index contributed by atoms with van der Waals surface area (Å²) >= 11 is 1.44. The largest absolute Gasteiger partial charge is 0.396 e. The average Bonchev–Trinajstić information content (AvgIpc) is 2.79. The molecule has 0 atom stereocenters. The second-order valence-corrected chi connectivity index (χ2v) is 4.48. The second kappa shape index (κ2) is 5.32. The van der Waals surface area contributed by atoms with E-state index in [4.69, 9.17) is 5.11 Å². The minimum absolute atomic E-state index is 0.0839. The Bertz CT molecular complexity index is 409. The standard InChI is InChI=1S/C11H13FN2OS/c12-8-2-1-3-9(16-7-6-15)10(8)11-13-4-5-14-11/h1-3,15H,4-7H2,(H,13,14). The van der Waals surface area contributed by atoms with Crippen molar-refractivity contribution in [1.29, 1.82) is 0 Å². The Morgan fingerprint density at radius 2 is 2.38 bits per heavy atom. The van der Waals surface area contributed by atoms with Crippen molar-refractivity contribution in [2.24, 2.45) is 4.99 Å². The van der Waals surface area contributed by atoms with Gasteiger partial charge >= 0.3 is 0 Å². The molecule has 0 bridgehead atoms. The first kappa shape index (κ1) is 11.4. The average molecular weight is 240 g/mol. The number of benzene rings is 1. The van der Waals surface area contributed by atoms with Crippen LogP contribution in [0, 0.1) is 5.82 Å². The van der Waals surface area contributed by atoms with Crippen LogP contribution in [0.5, 0.6) is 0 Å². The summed E-state index contributed by atoms with van der Waals surface area (Å²) < 4.78 is 13.7. The van der Waals surface area contributed by atoms with Crippen molar-refractivity contribution in [3.05, 3.63) is 29.6 Å². The van der Waals surface area contributed by atoms with Crippen LogP contribution < -0.4 is 5.32 Å². The number of thioether (sulfide) groups is 1. The first-order chi connectivity index (χ1) is 7.83. The monoisotopic (exact) mass is 240 g/mol. The Kier molecular flexibility index (Phi) is 3.79. The number of halogens is 1. The predicted molar refractivity (Wildman–Crippen MR) is 63.6 cm³/mol. The van der Waals surface area contributed by atoms with E-state index in [2.05, 4.69) is 10.3 Å². The van der Waals surface area contributed by atoms with Crippen molar-refractivity contribution in [3.8, 4) is 0 Å². The fourth-order valence-electron chi connectivity index (χ4n) is 1.58. The van der Waals surface area contributed by atoms with Crippen LogP contribution in [-0.4, -0.2) is 36.4 Å². The third-order valence-electron chi connectivity index (χ3n) is 2.24. The first-order valence-electron chi connectivity index (χ1n) is 5.14. The van der Waals surface area contributed by atoms with Crippen LogP contribution in [0.2, 0.25) is 0 Å². The minimum Gasteiger partial charge on any atom is -0.396 e. The van der Waals surface area contributed by atoms with Crippen molar-refractivity contribution < 1.29 is 9.50 Å². The summed E-state index contributed by atoms with van der Waals surface area (Å²) in [6.07, 6.45) is 0. The van der Waals surface area contributed by atoms with Crippen LogP contribution in [0.25, 0.3) is 0 Å². The lowest BCUT2D eigenvalue weighted by atomic mass is 10.2. The highest BCUT2D eigenvalue weighted by Gasteiger charge is 2.17. The van der Waals surface area contributed by atoms with Gasteiger partial charge in [-0.3, -0.25) is 4.99 Å². The van der Waals surface area contributed by atoms with Crippen LogP contribution >= 0.6 is 11.8 Å². The number of amidine groups is 1. The SMILES string of the molecule is OCCSc1cccc(F)c1C1=NCCN1. The number of hydrogen-bond acceptors (Lipinski definition) is 4. The highest BCUT2D eigenvalue weighted by atomic mass is 32.2. The molecule has 0 radical (unpaired) electrons. The highest BCUT2D eigenvalue weighted by Crippen LogP contribution is 2.25. The van der Waals surface area contributed by atoms with Crippen molar-refractivity contribution >= 4 is 17.6 Å². The van der Waals surface area contributed by atoms with Crippen molar-refractivity contribution in [1.82, 2.24) is 5.32 Å². The fourth-order valence-corrected chi connectivity index (χ4v) is 2.40. The van der Waals surface area contributed by atoms with E-state index in [0.717, 1.165) is 11.4 Å². The van der Waals surface area contributed by atoms with Crippen molar-refractivity contribution in [2.45, 2.75) is 4.90 Å². The van der Waals surface area contributed by atoms with Gasteiger partial charge in [0.1, 0.15) is 11.7 Å². The van der Waals surface area contributed by atoms with E-state index in [0.29, 0.717) is 23.7 Å². The molecule has 3 nitrogen and oxygen atoms in total. The summed E-state index contributed by atoms with van der Waals surface area (Å²) in [5.41, 5.74) is 0.526. The van der Waals surface area contributed by atoms with E-state index in [1.165, 1.54) is 17.8 Å². The Balaban J connectivity index is 2.32. The summed E-state index contributed by atoms with van der Waals surface area (Å²) in [7, 11) is 0. The molecule has 86 valence electrons. The zero-order valence-electron chi connectivity index (χ0n) is 8.74. The molecule has 0 saturated carbocycles. The van der Waals surface area contributed by atoms with Crippen LogP contribution in [0.4, 0.5) is 4.39 Å². The molecule has 1 aliphatic rings. The van der Waals surface area contributed by atoms with Gasteiger partial charge in [0.05, 0.1) is 18.7 Å². The molecule has 1 heterocycles. The maximum Gasteiger partial charge on any atom is 0.135 e. The lowest BCUT2D eigenvalue weighted by Crippen LogP contribution is -2.21. The second-order valence-electron chi connectivity index (χ2n) is 3.34. The topological polar surface area (TPSA) is 44.6 Å². The fraction of sp³-hybridized carbons (Fsp3) is 0.364. The molecule has 0 unspecified atom stereocenters. The Hall–Kier alpha value is -1.07. The van der Waals surface area contributed by atoms with Crippen LogP contribution in [0.1, 0.15) is 5.56 Å². The lowest BCUT2D eigenvalue weighted by molar-refractivity contribution is 0.322. The number of aliphatic imine (C=N–C) groups is 1. The van der Waals surface area contributed by atoms with E-state index in [1.807, 2.05) is 6.07 Å². The number of rotatable bonds is 4. The number of hydrogen-bond donors (Lipinski definition) is 2. The molecule has 0 spiro atoms. The van der Waals surface area contributed by atoms with Gasteiger partial charge in [0.25, 0.3) is 0 Å². The molecule has 1 aromatic carbocycles. The van der Waals surface area contributed by atoms with Gasteiger partial charge in [0.15, 0.2) is 0 Å². The van der Waals surface area contributed by atoms with Gasteiger partial charge < -0.3 is 10.4 Å². The summed E-state index contributed by atoms with van der Waals surface area (Å²) in [5.74, 6) is 0.915. The Morgan fingerprint density at radius 1 is 1.50 bits per heavy atom. The van der Waals surface area contributed by atoms with Crippen molar-refractivity contribution in [2.75, 3.05) is 25.4 Å². The minimum atomic E-state index is -0.268.